The van der Waals surface area contributed by atoms with Gasteiger partial charge in [0.1, 0.15) is 28.4 Å². The Bertz CT molecular complexity index is 1090. The van der Waals surface area contributed by atoms with Crippen LogP contribution in [0.25, 0.3) is 6.08 Å². The Balaban J connectivity index is 1.62. The molecule has 0 radical (unpaired) electrons. The third kappa shape index (κ3) is 6.55. The van der Waals surface area contributed by atoms with Crippen LogP contribution in [0.2, 0.25) is 0 Å². The lowest BCUT2D eigenvalue weighted by Gasteiger charge is -2.12. The number of esters is 1. The highest BCUT2D eigenvalue weighted by Crippen LogP contribution is 2.32. The van der Waals surface area contributed by atoms with Gasteiger partial charge in [-0.25, -0.2) is 4.84 Å². The second kappa shape index (κ2) is 11.3. The van der Waals surface area contributed by atoms with Crippen LogP contribution >= 0.6 is 35.8 Å². The van der Waals surface area contributed by atoms with Crippen molar-refractivity contribution in [2.45, 2.75) is 12.5 Å². The molecule has 1 saturated heterocycles. The van der Waals surface area contributed by atoms with E-state index < -0.39 is 30.4 Å². The van der Waals surface area contributed by atoms with E-state index in [-0.39, 0.29) is 4.32 Å². The van der Waals surface area contributed by atoms with Crippen molar-refractivity contribution in [2.75, 3.05) is 13.7 Å². The van der Waals surface area contributed by atoms with Gasteiger partial charge in [0.25, 0.3) is 5.91 Å². The van der Waals surface area contributed by atoms with Crippen molar-refractivity contribution in [3.8, 4) is 11.5 Å². The summed E-state index contributed by atoms with van der Waals surface area (Å²) in [7, 11) is 1.30. The molecule has 0 aromatic heterocycles. The summed E-state index contributed by atoms with van der Waals surface area (Å²) in [6, 6.07) is 13.6. The van der Waals surface area contributed by atoms with Gasteiger partial charge in [-0.2, -0.15) is 0 Å². The van der Waals surface area contributed by atoms with Gasteiger partial charge in [-0.15, -0.1) is 0 Å². The third-order valence-electron chi connectivity index (χ3n) is 4.56. The Labute approximate surface area is 204 Å². The lowest BCUT2D eigenvalue weighted by atomic mass is 10.1. The number of benzene rings is 2. The molecule has 172 valence electrons. The number of thioether (sulfide) groups is 1. The van der Waals surface area contributed by atoms with Gasteiger partial charge in [0.15, 0.2) is 0 Å². The van der Waals surface area contributed by atoms with Crippen molar-refractivity contribution in [2.24, 2.45) is 0 Å². The number of amides is 1. The van der Waals surface area contributed by atoms with E-state index in [1.165, 1.54) is 7.11 Å². The van der Waals surface area contributed by atoms with E-state index in [0.717, 1.165) is 27.8 Å². The van der Waals surface area contributed by atoms with Gasteiger partial charge in [0.05, 0.1) is 12.0 Å². The Kier molecular flexibility index (Phi) is 8.45. The van der Waals surface area contributed by atoms with E-state index in [0.29, 0.717) is 22.8 Å². The summed E-state index contributed by atoms with van der Waals surface area (Å²) in [6.07, 6.45) is 2.02. The molecule has 0 spiro atoms. The van der Waals surface area contributed by atoms with Gasteiger partial charge in [0.2, 0.25) is 0 Å². The van der Waals surface area contributed by atoms with E-state index >= 15 is 0 Å². The number of thiocarbonyl (C=S) groups is 1. The van der Waals surface area contributed by atoms with Crippen molar-refractivity contribution in [3.63, 3.8) is 0 Å². The number of nitrogens with one attached hydrogen (secondary N) is 1. The topological polar surface area (TPSA) is 105 Å². The smallest absolute Gasteiger partial charge is 0.324 e. The quantitative estimate of drug-likeness (QED) is 0.228. The van der Waals surface area contributed by atoms with Crippen LogP contribution in [0.4, 0.5) is 0 Å². The first-order valence-corrected chi connectivity index (χ1v) is 11.2. The van der Waals surface area contributed by atoms with Crippen LogP contribution in [-0.2, 0) is 25.5 Å². The number of carboxylic acids is 1. The number of aliphatic carboxylic acids is 1. The van der Waals surface area contributed by atoms with Crippen molar-refractivity contribution in [3.05, 3.63) is 64.6 Å². The predicted molar refractivity (Wildman–Crippen MR) is 129 cm³/mol. The average molecular weight is 507 g/mol. The highest BCUT2D eigenvalue weighted by atomic mass is 35.5. The fourth-order valence-electron chi connectivity index (χ4n) is 2.93. The summed E-state index contributed by atoms with van der Waals surface area (Å²) in [6.45, 7) is -0.459. The normalized spacial score (nSPS) is 15.6. The zero-order valence-electron chi connectivity index (χ0n) is 17.3. The number of methoxy groups -OCH3 is 1. The molecule has 2 N–H and O–H groups in total. The van der Waals surface area contributed by atoms with E-state index in [2.05, 4.69) is 4.84 Å². The molecule has 2 aromatic carbocycles. The average Bonchev–Trinajstić information content (AvgIpc) is 3.06. The molecule has 1 unspecified atom stereocenters. The van der Waals surface area contributed by atoms with Crippen molar-refractivity contribution in [1.29, 1.82) is 0 Å². The molecular formula is C22H19ClN2O6S2. The van der Waals surface area contributed by atoms with Gasteiger partial charge < -0.3 is 14.6 Å². The summed E-state index contributed by atoms with van der Waals surface area (Å²) >= 11 is 11.8. The van der Waals surface area contributed by atoms with Crippen molar-refractivity contribution < 1.29 is 29.0 Å². The number of rotatable bonds is 9. The molecule has 11 heteroatoms. The number of ether oxygens (including phenoxy) is 2. The molecule has 1 aliphatic rings. The Morgan fingerprint density at radius 1 is 1.18 bits per heavy atom. The van der Waals surface area contributed by atoms with Crippen molar-refractivity contribution >= 4 is 64.0 Å². The molecule has 0 aliphatic carbocycles. The molecule has 1 fully saturated rings. The standard InChI is InChI=1S/C22H19ClN2O6S2/c1-30-21(29)17(24-23)10-13-2-6-15(7-3-13)31-16-8-4-14(5-9-16)11-18-20(28)25(12-19(26)27)22(32)33-18/h2-9,11,17,24H,10,12H2,1H3,(H,26,27)/b18-11-. The number of carbonyl (C=O) groups is 3. The second-order valence-electron chi connectivity index (χ2n) is 6.87. The van der Waals surface area contributed by atoms with E-state index in [1.807, 2.05) is 12.1 Å². The first-order chi connectivity index (χ1) is 15.8. The molecule has 0 bridgehead atoms. The van der Waals surface area contributed by atoms with Crippen LogP contribution in [0.3, 0.4) is 0 Å². The molecule has 1 amide bonds. The fraction of sp³-hybridized carbons (Fsp3) is 0.182. The first kappa shape index (κ1) is 24.7. The predicted octanol–water partition coefficient (Wildman–Crippen LogP) is 3.59. The minimum absolute atomic E-state index is 0.219. The molecule has 1 atom stereocenters. The van der Waals surface area contributed by atoms with Gasteiger partial charge >= 0.3 is 11.9 Å². The second-order valence-corrected chi connectivity index (χ2v) is 8.76. The van der Waals surface area contributed by atoms with E-state index in [4.69, 9.17) is 38.6 Å². The molecule has 1 heterocycles. The summed E-state index contributed by atoms with van der Waals surface area (Å²) in [4.78, 5) is 38.7. The minimum atomic E-state index is -1.12. The number of carboxylic acid groups (broad SMARTS) is 1. The molecule has 8 nitrogen and oxygen atoms in total. The van der Waals surface area contributed by atoms with E-state index in [1.54, 1.807) is 42.5 Å². The van der Waals surface area contributed by atoms with Crippen LogP contribution in [0.5, 0.6) is 11.5 Å². The maximum Gasteiger partial charge on any atom is 0.324 e. The molecule has 3 rings (SSSR count). The lowest BCUT2D eigenvalue weighted by Crippen LogP contribution is -2.33. The van der Waals surface area contributed by atoms with Gasteiger partial charge in [-0.1, -0.05) is 48.2 Å². The SMILES string of the molecule is COC(=O)C(Cc1ccc(Oc2ccc(/C=C3\SC(=S)N(CC(=O)O)C3=O)cc2)cc1)NCl. The Morgan fingerprint density at radius 3 is 2.33 bits per heavy atom. The largest absolute Gasteiger partial charge is 0.480 e. The monoisotopic (exact) mass is 506 g/mol. The number of hydrogen-bond donors (Lipinski definition) is 2. The van der Waals surface area contributed by atoms with Crippen LogP contribution < -0.4 is 9.57 Å². The lowest BCUT2D eigenvalue weighted by molar-refractivity contribution is -0.142. The summed E-state index contributed by atoms with van der Waals surface area (Å²) in [5.74, 6) is -0.801. The van der Waals surface area contributed by atoms with Crippen LogP contribution in [0.15, 0.2) is 53.4 Å². The zero-order chi connectivity index (χ0) is 24.0. The highest BCUT2D eigenvalue weighted by Gasteiger charge is 2.33. The molecule has 2 aromatic rings. The first-order valence-electron chi connectivity index (χ1n) is 9.58. The molecule has 0 saturated carbocycles. The maximum absolute atomic E-state index is 12.4. The van der Waals surface area contributed by atoms with Gasteiger partial charge in [-0.3, -0.25) is 19.3 Å². The molecule has 33 heavy (non-hydrogen) atoms. The molecule has 1 aliphatic heterocycles. The number of halogens is 1. The van der Waals surface area contributed by atoms with Gasteiger partial charge in [0, 0.05) is 0 Å². The zero-order valence-corrected chi connectivity index (χ0v) is 19.7. The van der Waals surface area contributed by atoms with E-state index in [9.17, 15) is 14.4 Å². The fourth-order valence-corrected chi connectivity index (χ4v) is 4.35. The Hall–Kier alpha value is -2.92. The van der Waals surface area contributed by atoms with Gasteiger partial charge in [-0.05, 0) is 59.7 Å². The summed E-state index contributed by atoms with van der Waals surface area (Å²) < 4.78 is 10.8. The van der Waals surface area contributed by atoms with Crippen molar-refractivity contribution in [1.82, 2.24) is 9.74 Å². The number of carbonyl (C=O) groups excluding carboxylic acids is 2. The summed E-state index contributed by atoms with van der Waals surface area (Å²) in [5, 5.41) is 8.91. The minimum Gasteiger partial charge on any atom is -0.480 e. The third-order valence-corrected chi connectivity index (χ3v) is 6.20. The number of nitrogens with zero attached hydrogens (tertiary/aromatic N) is 1. The van der Waals surface area contributed by atoms with Crippen LogP contribution in [0.1, 0.15) is 11.1 Å². The van der Waals surface area contributed by atoms with Crippen LogP contribution in [-0.4, -0.2) is 51.9 Å². The maximum atomic E-state index is 12.4. The Morgan fingerprint density at radius 2 is 1.79 bits per heavy atom. The van der Waals surface area contributed by atoms with Crippen LogP contribution in [0, 0.1) is 0 Å². The summed E-state index contributed by atoms with van der Waals surface area (Å²) in [5.41, 5.74) is 1.62. The molecular weight excluding hydrogens is 488 g/mol. The number of hydrogen-bond acceptors (Lipinski definition) is 8. The highest BCUT2D eigenvalue weighted by molar-refractivity contribution is 8.26.